The van der Waals surface area contributed by atoms with E-state index >= 15 is 0 Å². The molecule has 2 aromatic rings. The number of aromatic nitrogens is 2. The summed E-state index contributed by atoms with van der Waals surface area (Å²) in [4.78, 5) is 15.0. The summed E-state index contributed by atoms with van der Waals surface area (Å²) >= 11 is 0. The van der Waals surface area contributed by atoms with Gasteiger partial charge in [0.05, 0.1) is 5.52 Å². The van der Waals surface area contributed by atoms with Crippen LogP contribution in [0.4, 0.5) is 11.5 Å². The molecule has 0 saturated heterocycles. The maximum Gasteiger partial charge on any atom is 0.178 e. The van der Waals surface area contributed by atoms with Crippen LogP contribution in [-0.4, -0.2) is 22.4 Å². The van der Waals surface area contributed by atoms with E-state index in [4.69, 9.17) is 0 Å². The lowest BCUT2D eigenvalue weighted by Gasteiger charge is -2.12. The summed E-state index contributed by atoms with van der Waals surface area (Å²) in [5.41, 5.74) is 1.08. The van der Waals surface area contributed by atoms with E-state index in [1.807, 2.05) is 30.6 Å². The molecule has 102 valence electrons. The number of aliphatic imine (C=N–C) groups is 1. The number of hydrogen-bond acceptors (Lipinski definition) is 5. The van der Waals surface area contributed by atoms with Crippen molar-refractivity contribution < 1.29 is 0 Å². The van der Waals surface area contributed by atoms with Gasteiger partial charge in [-0.3, -0.25) is 4.99 Å². The van der Waals surface area contributed by atoms with E-state index in [9.17, 15) is 4.91 Å². The Kier molecular flexibility index (Phi) is 3.54. The third-order valence-electron chi connectivity index (χ3n) is 3.37. The molecule has 0 aromatic carbocycles. The van der Waals surface area contributed by atoms with Gasteiger partial charge >= 0.3 is 0 Å². The maximum absolute atomic E-state index is 11.0. The Balaban J connectivity index is 1.69. The molecule has 1 aliphatic rings. The van der Waals surface area contributed by atoms with Gasteiger partial charge in [0.1, 0.15) is 0 Å². The van der Waals surface area contributed by atoms with E-state index in [0.29, 0.717) is 17.4 Å². The number of hydrogen-bond donors (Lipinski definition) is 1. The number of nitrogens with one attached hydrogen (secondary N) is 1. The zero-order valence-electron chi connectivity index (χ0n) is 10.9. The van der Waals surface area contributed by atoms with Crippen LogP contribution in [0.25, 0.3) is 5.52 Å². The van der Waals surface area contributed by atoms with Crippen LogP contribution in [0.3, 0.4) is 0 Å². The fourth-order valence-electron chi connectivity index (χ4n) is 2.29. The number of rotatable bonds is 5. The van der Waals surface area contributed by atoms with Crippen LogP contribution in [0.1, 0.15) is 12.8 Å². The summed E-state index contributed by atoms with van der Waals surface area (Å²) < 4.78 is 1.66. The Morgan fingerprint density at radius 2 is 2.40 bits per heavy atom. The first-order valence-electron chi connectivity index (χ1n) is 6.61. The van der Waals surface area contributed by atoms with E-state index < -0.39 is 0 Å². The fourth-order valence-corrected chi connectivity index (χ4v) is 2.29. The van der Waals surface area contributed by atoms with Gasteiger partial charge in [-0.1, -0.05) is 12.1 Å². The van der Waals surface area contributed by atoms with Crippen molar-refractivity contribution in [3.8, 4) is 0 Å². The highest BCUT2D eigenvalue weighted by Crippen LogP contribution is 2.29. The molecular weight excluding hydrogens is 254 g/mol. The molecule has 0 bridgehead atoms. The molecule has 6 heteroatoms. The third-order valence-corrected chi connectivity index (χ3v) is 3.37. The first-order chi connectivity index (χ1) is 9.88. The normalized spacial score (nSPS) is 17.5. The van der Waals surface area contributed by atoms with Gasteiger partial charge < -0.3 is 5.32 Å². The smallest absolute Gasteiger partial charge is 0.178 e. The number of fused-ring (bicyclic) bond motifs is 1. The van der Waals surface area contributed by atoms with Crippen LogP contribution < -0.4 is 5.32 Å². The summed E-state index contributed by atoms with van der Waals surface area (Å²) in [5, 5.41) is 10.6. The maximum atomic E-state index is 11.0. The lowest BCUT2D eigenvalue weighted by molar-refractivity contribution is 0.632. The van der Waals surface area contributed by atoms with Crippen molar-refractivity contribution in [1.82, 2.24) is 9.61 Å². The first-order valence-corrected chi connectivity index (χ1v) is 6.61. The monoisotopic (exact) mass is 269 g/mol. The Morgan fingerprint density at radius 3 is 3.20 bits per heavy atom. The third kappa shape index (κ3) is 2.45. The van der Waals surface area contributed by atoms with Crippen molar-refractivity contribution in [2.75, 3.05) is 11.9 Å². The molecule has 1 aliphatic heterocycles. The van der Waals surface area contributed by atoms with Crippen molar-refractivity contribution in [2.45, 2.75) is 12.8 Å². The van der Waals surface area contributed by atoms with Gasteiger partial charge in [0, 0.05) is 25.2 Å². The average Bonchev–Trinajstić information content (AvgIpc) is 2.86. The standard InChI is InChI=1S/C14H15N5O/c20-18-13-12-3-1-2-10-19(12)17-14(13)16-9-6-11-4-7-15-8-5-11/h1-4,7-8,10-11H,5-6,9H2,(H,16,17). The van der Waals surface area contributed by atoms with Crippen LogP contribution in [0.5, 0.6) is 0 Å². The Morgan fingerprint density at radius 1 is 1.45 bits per heavy atom. The predicted octanol–water partition coefficient (Wildman–Crippen LogP) is 3.14. The SMILES string of the molecule is O=Nc1c(NCCC2C=CN=CC2)nn2ccccc12. The molecule has 1 atom stereocenters. The van der Waals surface area contributed by atoms with E-state index in [1.165, 1.54) is 0 Å². The molecule has 0 amide bonds. The van der Waals surface area contributed by atoms with Crippen LogP contribution in [0, 0.1) is 10.8 Å². The van der Waals surface area contributed by atoms with Gasteiger partial charge in [0.25, 0.3) is 0 Å². The molecule has 1 unspecified atom stereocenters. The summed E-state index contributed by atoms with van der Waals surface area (Å²) in [6, 6.07) is 5.56. The molecule has 0 aliphatic carbocycles. The lowest BCUT2D eigenvalue weighted by atomic mass is 10.0. The molecular formula is C14H15N5O. The highest BCUT2D eigenvalue weighted by Gasteiger charge is 2.13. The van der Waals surface area contributed by atoms with Crippen molar-refractivity contribution in [1.29, 1.82) is 0 Å². The molecule has 1 N–H and O–H groups in total. The van der Waals surface area contributed by atoms with Crippen molar-refractivity contribution in [2.24, 2.45) is 16.1 Å². The fraction of sp³-hybridized carbons (Fsp3) is 0.286. The predicted molar refractivity (Wildman–Crippen MR) is 79.5 cm³/mol. The molecule has 0 spiro atoms. The molecule has 0 saturated carbocycles. The molecule has 0 fully saturated rings. The van der Waals surface area contributed by atoms with Gasteiger partial charge in [-0.25, -0.2) is 4.52 Å². The van der Waals surface area contributed by atoms with Crippen molar-refractivity contribution in [3.63, 3.8) is 0 Å². The largest absolute Gasteiger partial charge is 0.367 e. The Labute approximate surface area is 116 Å². The minimum atomic E-state index is 0.367. The molecule has 3 heterocycles. The quantitative estimate of drug-likeness (QED) is 0.847. The van der Waals surface area contributed by atoms with E-state index in [1.54, 1.807) is 10.7 Å². The van der Waals surface area contributed by atoms with E-state index in [0.717, 1.165) is 24.9 Å². The van der Waals surface area contributed by atoms with Crippen LogP contribution in [-0.2, 0) is 0 Å². The van der Waals surface area contributed by atoms with Crippen molar-refractivity contribution >= 4 is 23.2 Å². The lowest BCUT2D eigenvalue weighted by Crippen LogP contribution is -2.09. The van der Waals surface area contributed by atoms with Crippen LogP contribution >= 0.6 is 0 Å². The molecule has 3 rings (SSSR count). The number of nitroso groups, excluding NO2 is 1. The molecule has 2 aromatic heterocycles. The van der Waals surface area contributed by atoms with Crippen molar-refractivity contribution in [3.05, 3.63) is 41.6 Å². The summed E-state index contributed by atoms with van der Waals surface area (Å²) in [6.07, 6.45) is 9.59. The summed E-state index contributed by atoms with van der Waals surface area (Å²) in [5.74, 6) is 1.03. The average molecular weight is 269 g/mol. The Hall–Kier alpha value is -2.50. The minimum Gasteiger partial charge on any atom is -0.367 e. The van der Waals surface area contributed by atoms with E-state index in [-0.39, 0.29) is 0 Å². The van der Waals surface area contributed by atoms with Gasteiger partial charge in [-0.15, -0.1) is 10.0 Å². The number of allylic oxidation sites excluding steroid dienone is 1. The van der Waals surface area contributed by atoms with Crippen LogP contribution in [0.15, 0.2) is 46.8 Å². The van der Waals surface area contributed by atoms with Gasteiger partial charge in [0.2, 0.25) is 0 Å². The zero-order chi connectivity index (χ0) is 13.8. The molecule has 0 radical (unpaired) electrons. The second-order valence-electron chi connectivity index (χ2n) is 4.70. The topological polar surface area (TPSA) is 71.1 Å². The van der Waals surface area contributed by atoms with Crippen LogP contribution in [0.2, 0.25) is 0 Å². The number of anilines is 1. The molecule has 20 heavy (non-hydrogen) atoms. The second-order valence-corrected chi connectivity index (χ2v) is 4.70. The van der Waals surface area contributed by atoms with Gasteiger partial charge in [-0.2, -0.15) is 0 Å². The van der Waals surface area contributed by atoms with Gasteiger partial charge in [-0.05, 0) is 36.1 Å². The van der Waals surface area contributed by atoms with E-state index in [2.05, 4.69) is 26.7 Å². The highest BCUT2D eigenvalue weighted by molar-refractivity contribution is 5.79. The first kappa shape index (κ1) is 12.5. The molecule has 6 nitrogen and oxygen atoms in total. The Bertz CT molecular complexity index is 673. The number of nitrogens with zero attached hydrogens (tertiary/aromatic N) is 4. The number of pyridine rings is 1. The zero-order valence-corrected chi connectivity index (χ0v) is 10.9. The highest BCUT2D eigenvalue weighted by atomic mass is 16.3. The summed E-state index contributed by atoms with van der Waals surface area (Å²) in [6.45, 7) is 0.745. The van der Waals surface area contributed by atoms with Gasteiger partial charge in [0.15, 0.2) is 11.5 Å². The minimum absolute atomic E-state index is 0.367. The summed E-state index contributed by atoms with van der Waals surface area (Å²) in [7, 11) is 0. The second kappa shape index (κ2) is 5.64.